The molecule has 1 atom stereocenters. The van der Waals surface area contributed by atoms with E-state index < -0.39 is 17.6 Å². The van der Waals surface area contributed by atoms with Crippen LogP contribution in [-0.4, -0.2) is 21.5 Å². The highest BCUT2D eigenvalue weighted by molar-refractivity contribution is 6.21. The lowest BCUT2D eigenvalue weighted by Crippen LogP contribution is -2.29. The van der Waals surface area contributed by atoms with Gasteiger partial charge in [-0.3, -0.25) is 14.3 Å². The number of nitrogens with zero attached hydrogens (tertiary/aromatic N) is 3. The maximum atomic E-state index is 13.1. The molecule has 0 radical (unpaired) electrons. The van der Waals surface area contributed by atoms with Crippen LogP contribution in [0, 0.1) is 24.2 Å². The molecule has 1 aromatic heterocycles. The van der Waals surface area contributed by atoms with Gasteiger partial charge in [0.2, 0.25) is 11.7 Å². The average molecular weight is 382 g/mol. The molecule has 6 nitrogen and oxygen atoms in total. The summed E-state index contributed by atoms with van der Waals surface area (Å²) >= 11 is 0. The predicted molar refractivity (Wildman–Crippen MR) is 111 cm³/mol. The second-order valence-electron chi connectivity index (χ2n) is 6.94. The summed E-state index contributed by atoms with van der Waals surface area (Å²) in [6.45, 7) is 1.90. The van der Waals surface area contributed by atoms with Crippen LogP contribution >= 0.6 is 0 Å². The van der Waals surface area contributed by atoms with E-state index in [0.717, 1.165) is 21.9 Å². The minimum atomic E-state index is -1.49. The number of aromatic nitrogens is 2. The van der Waals surface area contributed by atoms with Crippen LogP contribution in [0.4, 0.5) is 5.69 Å². The van der Waals surface area contributed by atoms with Crippen LogP contribution in [0.2, 0.25) is 0 Å². The predicted octanol–water partition coefficient (Wildman–Crippen LogP) is 4.00. The second kappa shape index (κ2) is 7.21. The van der Waals surface area contributed by atoms with Crippen LogP contribution in [0.25, 0.3) is 21.7 Å². The average Bonchev–Trinajstić information content (AvgIpc) is 3.05. The van der Waals surface area contributed by atoms with Crippen molar-refractivity contribution in [3.8, 4) is 6.07 Å². The van der Waals surface area contributed by atoms with E-state index in [1.165, 1.54) is 0 Å². The lowest BCUT2D eigenvalue weighted by atomic mass is 9.98. The number of amides is 1. The maximum absolute atomic E-state index is 13.1. The number of Topliss-reactive ketones (excluding diaryl/α,β-unsaturated/α-hetero) is 1. The summed E-state index contributed by atoms with van der Waals surface area (Å²) in [4.78, 5) is 25.7. The molecule has 0 fully saturated rings. The van der Waals surface area contributed by atoms with E-state index in [-0.39, 0.29) is 5.69 Å². The van der Waals surface area contributed by atoms with Crippen LogP contribution in [0.5, 0.6) is 0 Å². The summed E-state index contributed by atoms with van der Waals surface area (Å²) in [6, 6.07) is 20.5. The SMILES string of the molecule is Cc1cccc(NC(=O)C(C#N)C(=O)c2nn(C)c3c2ccc2ccccc23)c1. The van der Waals surface area contributed by atoms with Crippen molar-refractivity contribution >= 4 is 39.1 Å². The Morgan fingerprint density at radius 2 is 1.86 bits per heavy atom. The molecular weight excluding hydrogens is 364 g/mol. The third-order valence-electron chi connectivity index (χ3n) is 4.90. The first-order valence-electron chi connectivity index (χ1n) is 9.15. The van der Waals surface area contributed by atoms with Gasteiger partial charge in [-0.15, -0.1) is 0 Å². The minimum Gasteiger partial charge on any atom is -0.325 e. The van der Waals surface area contributed by atoms with Crippen LogP contribution in [0.3, 0.4) is 0 Å². The Labute approximate surface area is 167 Å². The highest BCUT2D eigenvalue weighted by Gasteiger charge is 2.31. The number of nitriles is 1. The molecule has 3 aromatic carbocycles. The molecule has 0 spiro atoms. The van der Waals surface area contributed by atoms with E-state index in [1.807, 2.05) is 55.5 Å². The molecule has 1 unspecified atom stereocenters. The molecular formula is C23H18N4O2. The standard InChI is InChI=1S/C23H18N4O2/c1-14-6-5-8-16(12-14)25-23(29)19(13-24)22(28)20-18-11-10-15-7-3-4-9-17(15)21(18)27(2)26-20/h3-12,19H,1-2H3,(H,25,29). The lowest BCUT2D eigenvalue weighted by molar-refractivity contribution is -0.117. The Morgan fingerprint density at radius 3 is 2.62 bits per heavy atom. The number of ketones is 1. The summed E-state index contributed by atoms with van der Waals surface area (Å²) < 4.78 is 1.62. The van der Waals surface area contributed by atoms with Crippen LogP contribution < -0.4 is 5.32 Å². The maximum Gasteiger partial charge on any atom is 0.249 e. The molecule has 29 heavy (non-hydrogen) atoms. The highest BCUT2D eigenvalue weighted by Crippen LogP contribution is 2.28. The van der Waals surface area contributed by atoms with Gasteiger partial charge in [-0.05, 0) is 36.1 Å². The van der Waals surface area contributed by atoms with Crippen molar-refractivity contribution in [2.75, 3.05) is 5.32 Å². The first kappa shape index (κ1) is 18.4. The third-order valence-corrected chi connectivity index (χ3v) is 4.90. The van der Waals surface area contributed by atoms with Gasteiger partial charge in [0.05, 0.1) is 11.6 Å². The Balaban J connectivity index is 1.73. The first-order chi connectivity index (χ1) is 14.0. The molecule has 0 bridgehead atoms. The lowest BCUT2D eigenvalue weighted by Gasteiger charge is -2.09. The smallest absolute Gasteiger partial charge is 0.249 e. The van der Waals surface area contributed by atoms with E-state index in [0.29, 0.717) is 11.1 Å². The molecule has 0 saturated heterocycles. The summed E-state index contributed by atoms with van der Waals surface area (Å²) in [5.41, 5.74) is 2.42. The number of aryl methyl sites for hydroxylation is 2. The number of benzene rings is 3. The quantitative estimate of drug-likeness (QED) is 0.427. The molecule has 142 valence electrons. The summed E-state index contributed by atoms with van der Waals surface area (Å²) in [6.07, 6.45) is 0. The monoisotopic (exact) mass is 382 g/mol. The zero-order valence-electron chi connectivity index (χ0n) is 16.0. The van der Waals surface area contributed by atoms with Gasteiger partial charge in [0, 0.05) is 23.5 Å². The first-order valence-corrected chi connectivity index (χ1v) is 9.15. The highest BCUT2D eigenvalue weighted by atomic mass is 16.2. The topological polar surface area (TPSA) is 87.8 Å². The normalized spacial score (nSPS) is 11.9. The minimum absolute atomic E-state index is 0.124. The van der Waals surface area contributed by atoms with Gasteiger partial charge in [-0.25, -0.2) is 0 Å². The van der Waals surface area contributed by atoms with Crippen molar-refractivity contribution in [3.05, 3.63) is 71.9 Å². The van der Waals surface area contributed by atoms with Gasteiger partial charge in [-0.2, -0.15) is 10.4 Å². The molecule has 4 aromatic rings. The van der Waals surface area contributed by atoms with Crippen LogP contribution in [0.1, 0.15) is 16.1 Å². The fourth-order valence-electron chi connectivity index (χ4n) is 3.54. The molecule has 1 amide bonds. The van der Waals surface area contributed by atoms with E-state index >= 15 is 0 Å². The van der Waals surface area contributed by atoms with Gasteiger partial charge in [0.15, 0.2) is 5.92 Å². The largest absolute Gasteiger partial charge is 0.325 e. The third kappa shape index (κ3) is 3.23. The van der Waals surface area contributed by atoms with E-state index in [4.69, 9.17) is 0 Å². The number of carbonyl (C=O) groups is 2. The molecule has 1 N–H and O–H groups in total. The van der Waals surface area contributed by atoms with Gasteiger partial charge >= 0.3 is 0 Å². The number of hydrogen-bond donors (Lipinski definition) is 1. The Bertz CT molecular complexity index is 1310. The van der Waals surface area contributed by atoms with Gasteiger partial charge in [-0.1, -0.05) is 42.5 Å². The summed E-state index contributed by atoms with van der Waals surface area (Å²) in [7, 11) is 1.75. The van der Waals surface area contributed by atoms with Gasteiger partial charge in [0.25, 0.3) is 0 Å². The molecule has 0 aliphatic carbocycles. The summed E-state index contributed by atoms with van der Waals surface area (Å²) in [5.74, 6) is -2.76. The van der Waals surface area contributed by atoms with E-state index in [9.17, 15) is 14.9 Å². The van der Waals surface area contributed by atoms with E-state index in [2.05, 4.69) is 10.4 Å². The number of rotatable bonds is 4. The number of nitrogens with one attached hydrogen (secondary N) is 1. The Morgan fingerprint density at radius 1 is 1.07 bits per heavy atom. The van der Waals surface area contributed by atoms with E-state index in [1.54, 1.807) is 29.9 Å². The summed E-state index contributed by atoms with van der Waals surface area (Å²) in [5, 5.41) is 19.1. The molecule has 4 rings (SSSR count). The molecule has 6 heteroatoms. The van der Waals surface area contributed by atoms with Crippen LogP contribution in [-0.2, 0) is 11.8 Å². The van der Waals surface area contributed by atoms with Crippen molar-refractivity contribution in [1.29, 1.82) is 5.26 Å². The fraction of sp³-hybridized carbons (Fsp3) is 0.130. The van der Waals surface area contributed by atoms with Crippen LogP contribution in [0.15, 0.2) is 60.7 Å². The number of carbonyl (C=O) groups excluding carboxylic acids is 2. The Hall–Kier alpha value is -3.98. The number of hydrogen-bond acceptors (Lipinski definition) is 4. The van der Waals surface area contributed by atoms with Crippen molar-refractivity contribution in [1.82, 2.24) is 9.78 Å². The van der Waals surface area contributed by atoms with Gasteiger partial charge < -0.3 is 5.32 Å². The van der Waals surface area contributed by atoms with Gasteiger partial charge in [0.1, 0.15) is 5.69 Å². The fourth-order valence-corrected chi connectivity index (χ4v) is 3.54. The van der Waals surface area contributed by atoms with Crippen molar-refractivity contribution in [2.45, 2.75) is 6.92 Å². The van der Waals surface area contributed by atoms with Crippen molar-refractivity contribution in [2.24, 2.45) is 13.0 Å². The van der Waals surface area contributed by atoms with Crippen molar-refractivity contribution < 1.29 is 9.59 Å². The number of fused-ring (bicyclic) bond motifs is 3. The van der Waals surface area contributed by atoms with Crippen molar-refractivity contribution in [3.63, 3.8) is 0 Å². The second-order valence-corrected chi connectivity index (χ2v) is 6.94. The molecule has 0 aliphatic rings. The molecule has 0 saturated carbocycles. The zero-order chi connectivity index (χ0) is 20.5. The number of anilines is 1. The molecule has 0 aliphatic heterocycles. The molecule has 1 heterocycles. The zero-order valence-corrected chi connectivity index (χ0v) is 16.0. The Kier molecular flexibility index (Phi) is 4.57.